The summed E-state index contributed by atoms with van der Waals surface area (Å²) in [6, 6.07) is 6.87. The van der Waals surface area contributed by atoms with E-state index in [2.05, 4.69) is 10.2 Å². The smallest absolute Gasteiger partial charge is 0.233 e. The second kappa shape index (κ2) is 6.72. The van der Waals surface area contributed by atoms with Crippen molar-refractivity contribution in [2.75, 3.05) is 38.5 Å². The number of benzene rings is 1. The number of rotatable bonds is 3. The van der Waals surface area contributed by atoms with E-state index in [9.17, 15) is 9.59 Å². The topological polar surface area (TPSA) is 52.7 Å². The number of hydrogen-bond donors (Lipinski definition) is 1. The van der Waals surface area contributed by atoms with E-state index < -0.39 is 0 Å². The third-order valence-electron chi connectivity index (χ3n) is 3.28. The van der Waals surface area contributed by atoms with Crippen molar-refractivity contribution in [2.24, 2.45) is 0 Å². The minimum absolute atomic E-state index is 0.127. The molecule has 6 heteroatoms. The molecule has 1 aromatic rings. The lowest BCUT2D eigenvalue weighted by atomic mass is 10.2. The minimum Gasteiger partial charge on any atom is -0.340 e. The Morgan fingerprint density at radius 3 is 2.60 bits per heavy atom. The number of carbonyl (C=O) groups excluding carboxylic acids is 2. The van der Waals surface area contributed by atoms with Crippen molar-refractivity contribution in [1.29, 1.82) is 0 Å². The average Bonchev–Trinajstić information content (AvgIpc) is 2.39. The first-order valence-electron chi connectivity index (χ1n) is 6.56. The van der Waals surface area contributed by atoms with Gasteiger partial charge in [-0.05, 0) is 25.2 Å². The number of anilines is 1. The van der Waals surface area contributed by atoms with E-state index in [0.29, 0.717) is 23.8 Å². The van der Waals surface area contributed by atoms with Gasteiger partial charge in [0.1, 0.15) is 6.42 Å². The number of carbonyl (C=O) groups is 2. The summed E-state index contributed by atoms with van der Waals surface area (Å²) in [4.78, 5) is 27.7. The van der Waals surface area contributed by atoms with Crippen LogP contribution in [0.2, 0.25) is 5.02 Å². The molecule has 2 rings (SSSR count). The Kier molecular flexibility index (Phi) is 4.98. The molecule has 0 spiro atoms. The standard InChI is InChI=1S/C14H18ClN3O2/c1-17-5-7-18(8-6-17)14(20)10-13(19)16-12-4-2-3-11(15)9-12/h2-4,9H,5-8,10H2,1H3,(H,16,19). The molecule has 1 fully saturated rings. The third-order valence-corrected chi connectivity index (χ3v) is 3.51. The van der Waals surface area contributed by atoms with Gasteiger partial charge in [-0.1, -0.05) is 17.7 Å². The summed E-state index contributed by atoms with van der Waals surface area (Å²) in [5, 5.41) is 3.23. The van der Waals surface area contributed by atoms with Crippen LogP contribution in [0.15, 0.2) is 24.3 Å². The van der Waals surface area contributed by atoms with Crippen molar-refractivity contribution in [3.8, 4) is 0 Å². The molecule has 0 bridgehead atoms. The summed E-state index contributed by atoms with van der Waals surface area (Å²) in [6.07, 6.45) is -0.129. The second-order valence-electron chi connectivity index (χ2n) is 4.92. The molecule has 0 unspecified atom stereocenters. The van der Waals surface area contributed by atoms with E-state index >= 15 is 0 Å². The Labute approximate surface area is 123 Å². The van der Waals surface area contributed by atoms with Gasteiger partial charge in [0.25, 0.3) is 0 Å². The van der Waals surface area contributed by atoms with Crippen LogP contribution in [0.3, 0.4) is 0 Å². The molecule has 1 aromatic carbocycles. The molecule has 2 amide bonds. The van der Waals surface area contributed by atoms with E-state index in [-0.39, 0.29) is 18.2 Å². The van der Waals surface area contributed by atoms with E-state index in [1.165, 1.54) is 0 Å². The SMILES string of the molecule is CN1CCN(C(=O)CC(=O)Nc2cccc(Cl)c2)CC1. The summed E-state index contributed by atoms with van der Waals surface area (Å²) in [5.74, 6) is -0.436. The van der Waals surface area contributed by atoms with Crippen LogP contribution in [0.25, 0.3) is 0 Å². The maximum atomic E-state index is 12.0. The molecule has 1 heterocycles. The molecule has 5 nitrogen and oxygen atoms in total. The van der Waals surface area contributed by atoms with Gasteiger partial charge in [0, 0.05) is 36.9 Å². The molecule has 0 radical (unpaired) electrons. The molecule has 0 aromatic heterocycles. The Balaban J connectivity index is 1.83. The third kappa shape index (κ3) is 4.21. The number of amides is 2. The maximum Gasteiger partial charge on any atom is 0.233 e. The molecule has 0 atom stereocenters. The van der Waals surface area contributed by atoms with Crippen LogP contribution < -0.4 is 5.32 Å². The number of likely N-dealkylation sites (N-methyl/N-ethyl adjacent to an activating group) is 1. The van der Waals surface area contributed by atoms with Crippen LogP contribution in [0.4, 0.5) is 5.69 Å². The highest BCUT2D eigenvalue weighted by Crippen LogP contribution is 2.15. The van der Waals surface area contributed by atoms with Gasteiger partial charge in [-0.25, -0.2) is 0 Å². The number of halogens is 1. The molecule has 1 aliphatic heterocycles. The van der Waals surface area contributed by atoms with Gasteiger partial charge in [0.2, 0.25) is 11.8 Å². The summed E-state index contributed by atoms with van der Waals surface area (Å²) in [7, 11) is 2.02. The van der Waals surface area contributed by atoms with Gasteiger partial charge in [0.05, 0.1) is 0 Å². The van der Waals surface area contributed by atoms with Gasteiger partial charge in [-0.15, -0.1) is 0 Å². The molecule has 20 heavy (non-hydrogen) atoms. The fourth-order valence-corrected chi connectivity index (χ4v) is 2.27. The Morgan fingerprint density at radius 1 is 1.25 bits per heavy atom. The lowest BCUT2D eigenvalue weighted by molar-refractivity contribution is -0.135. The monoisotopic (exact) mass is 295 g/mol. The molecule has 1 saturated heterocycles. The van der Waals surface area contributed by atoms with Crippen molar-refractivity contribution >= 4 is 29.1 Å². The lowest BCUT2D eigenvalue weighted by Crippen LogP contribution is -2.47. The van der Waals surface area contributed by atoms with Crippen molar-refractivity contribution < 1.29 is 9.59 Å². The lowest BCUT2D eigenvalue weighted by Gasteiger charge is -2.32. The summed E-state index contributed by atoms with van der Waals surface area (Å²) in [5.41, 5.74) is 0.605. The van der Waals surface area contributed by atoms with Crippen LogP contribution in [0.5, 0.6) is 0 Å². The summed E-state index contributed by atoms with van der Waals surface area (Å²) < 4.78 is 0. The zero-order chi connectivity index (χ0) is 14.5. The van der Waals surface area contributed by atoms with Crippen molar-refractivity contribution in [3.63, 3.8) is 0 Å². The van der Waals surface area contributed by atoms with Gasteiger partial charge >= 0.3 is 0 Å². The number of nitrogens with one attached hydrogen (secondary N) is 1. The van der Waals surface area contributed by atoms with E-state index in [1.54, 1.807) is 29.2 Å². The zero-order valence-corrected chi connectivity index (χ0v) is 12.2. The van der Waals surface area contributed by atoms with Crippen LogP contribution in [-0.4, -0.2) is 54.8 Å². The Hall–Kier alpha value is -1.59. The molecular weight excluding hydrogens is 278 g/mol. The first-order valence-corrected chi connectivity index (χ1v) is 6.94. The highest BCUT2D eigenvalue weighted by molar-refractivity contribution is 6.30. The molecule has 0 aliphatic carbocycles. The fraction of sp³-hybridized carbons (Fsp3) is 0.429. The van der Waals surface area contributed by atoms with Crippen LogP contribution >= 0.6 is 11.6 Å². The van der Waals surface area contributed by atoms with Crippen molar-refractivity contribution in [1.82, 2.24) is 9.80 Å². The van der Waals surface area contributed by atoms with Crippen LogP contribution in [-0.2, 0) is 9.59 Å². The Bertz CT molecular complexity index is 499. The summed E-state index contributed by atoms with van der Waals surface area (Å²) >= 11 is 5.84. The van der Waals surface area contributed by atoms with E-state index in [0.717, 1.165) is 13.1 Å². The molecule has 0 saturated carbocycles. The zero-order valence-electron chi connectivity index (χ0n) is 11.4. The van der Waals surface area contributed by atoms with Gasteiger partial charge in [0.15, 0.2) is 0 Å². The first-order chi connectivity index (χ1) is 9.54. The average molecular weight is 296 g/mol. The predicted octanol–water partition coefficient (Wildman–Crippen LogP) is 1.44. The van der Waals surface area contributed by atoms with Crippen LogP contribution in [0.1, 0.15) is 6.42 Å². The minimum atomic E-state index is -0.309. The van der Waals surface area contributed by atoms with E-state index in [1.807, 2.05) is 7.05 Å². The van der Waals surface area contributed by atoms with Gasteiger partial charge in [-0.2, -0.15) is 0 Å². The van der Waals surface area contributed by atoms with Crippen molar-refractivity contribution in [2.45, 2.75) is 6.42 Å². The number of piperazine rings is 1. The molecule has 1 aliphatic rings. The number of hydrogen-bond acceptors (Lipinski definition) is 3. The maximum absolute atomic E-state index is 12.0. The second-order valence-corrected chi connectivity index (χ2v) is 5.36. The van der Waals surface area contributed by atoms with Crippen LogP contribution in [0, 0.1) is 0 Å². The Morgan fingerprint density at radius 2 is 1.95 bits per heavy atom. The van der Waals surface area contributed by atoms with E-state index in [4.69, 9.17) is 11.6 Å². The molecule has 108 valence electrons. The predicted molar refractivity (Wildman–Crippen MR) is 78.8 cm³/mol. The molecule has 1 N–H and O–H groups in total. The number of nitrogens with zero attached hydrogens (tertiary/aromatic N) is 2. The quantitative estimate of drug-likeness (QED) is 0.859. The van der Waals surface area contributed by atoms with Gasteiger partial charge < -0.3 is 15.1 Å². The highest BCUT2D eigenvalue weighted by atomic mass is 35.5. The highest BCUT2D eigenvalue weighted by Gasteiger charge is 2.21. The molecular formula is C14H18ClN3O2. The largest absolute Gasteiger partial charge is 0.340 e. The fourth-order valence-electron chi connectivity index (χ4n) is 2.08. The summed E-state index contributed by atoms with van der Waals surface area (Å²) in [6.45, 7) is 3.06. The van der Waals surface area contributed by atoms with Crippen molar-refractivity contribution in [3.05, 3.63) is 29.3 Å². The first kappa shape index (κ1) is 14.8. The van der Waals surface area contributed by atoms with Gasteiger partial charge in [-0.3, -0.25) is 9.59 Å². The normalized spacial score (nSPS) is 16.0.